The zero-order valence-electron chi connectivity index (χ0n) is 18.2. The molecule has 0 unspecified atom stereocenters. The molecular weight excluding hydrogens is 436 g/mol. The molecule has 33 heavy (non-hydrogen) atoms. The maximum absolute atomic E-state index is 12.9. The lowest BCUT2D eigenvalue weighted by Gasteiger charge is -2.12. The van der Waals surface area contributed by atoms with Gasteiger partial charge in [-0.25, -0.2) is 4.98 Å². The molecular formula is C25H24N4O3S. The first kappa shape index (κ1) is 22.3. The van der Waals surface area contributed by atoms with Crippen molar-refractivity contribution >= 4 is 18.1 Å². The van der Waals surface area contributed by atoms with Crippen molar-refractivity contribution in [3.63, 3.8) is 0 Å². The Kier molecular flexibility index (Phi) is 7.16. The largest absolute Gasteiger partial charge is 0.494 e. The number of carbonyl (C=O) groups excluding carboxylic acids is 1. The standard InChI is InChI=1S/C25H24N4O3S/c1-2-15-31-20-10-12-21(13-11-20)32-24-18(7-6-14-26-24)16-27-23(30)22-17-28-25(33)29(22)19-8-4-3-5-9-19/h3-14,17H,2,15-16H2,1H3,(H,27,30)(H,28,33). The average Bonchev–Trinajstić information content (AvgIpc) is 3.25. The number of amides is 1. The molecule has 2 heterocycles. The number of imidazole rings is 1. The van der Waals surface area contributed by atoms with Crippen LogP contribution in [0.1, 0.15) is 29.4 Å². The second-order valence-electron chi connectivity index (χ2n) is 7.22. The Hall–Kier alpha value is -3.91. The molecule has 2 aromatic carbocycles. The molecule has 8 heteroatoms. The maximum atomic E-state index is 12.9. The van der Waals surface area contributed by atoms with Crippen LogP contribution in [-0.4, -0.2) is 27.0 Å². The first-order valence-corrected chi connectivity index (χ1v) is 11.0. The van der Waals surface area contributed by atoms with Crippen molar-refractivity contribution in [1.82, 2.24) is 19.9 Å². The van der Waals surface area contributed by atoms with E-state index in [1.807, 2.05) is 60.7 Å². The van der Waals surface area contributed by atoms with Gasteiger partial charge in [-0.15, -0.1) is 0 Å². The summed E-state index contributed by atoms with van der Waals surface area (Å²) in [7, 11) is 0. The minimum atomic E-state index is -0.265. The van der Waals surface area contributed by atoms with Gasteiger partial charge in [-0.05, 0) is 61.1 Å². The number of nitrogens with zero attached hydrogens (tertiary/aromatic N) is 2. The van der Waals surface area contributed by atoms with E-state index in [0.29, 0.717) is 28.7 Å². The molecule has 0 saturated heterocycles. The number of rotatable bonds is 9. The van der Waals surface area contributed by atoms with E-state index < -0.39 is 0 Å². The van der Waals surface area contributed by atoms with Gasteiger partial charge >= 0.3 is 0 Å². The summed E-state index contributed by atoms with van der Waals surface area (Å²) >= 11 is 5.37. The monoisotopic (exact) mass is 460 g/mol. The zero-order valence-corrected chi connectivity index (χ0v) is 19.0. The summed E-state index contributed by atoms with van der Waals surface area (Å²) in [4.78, 5) is 20.2. The number of hydrogen-bond donors (Lipinski definition) is 2. The summed E-state index contributed by atoms with van der Waals surface area (Å²) in [6, 6.07) is 20.5. The fourth-order valence-electron chi connectivity index (χ4n) is 3.22. The van der Waals surface area contributed by atoms with E-state index in [1.54, 1.807) is 23.0 Å². The number of pyridine rings is 1. The predicted molar refractivity (Wildman–Crippen MR) is 129 cm³/mol. The molecule has 0 radical (unpaired) electrons. The third kappa shape index (κ3) is 5.48. The summed E-state index contributed by atoms with van der Waals surface area (Å²) in [5.74, 6) is 1.58. The molecule has 0 aliphatic rings. The number of para-hydroxylation sites is 1. The van der Waals surface area contributed by atoms with E-state index in [1.165, 1.54) is 0 Å². The lowest BCUT2D eigenvalue weighted by atomic mass is 10.2. The molecule has 0 bridgehead atoms. The van der Waals surface area contributed by atoms with Crippen molar-refractivity contribution in [2.45, 2.75) is 19.9 Å². The molecule has 1 amide bonds. The number of aromatic nitrogens is 3. The summed E-state index contributed by atoms with van der Waals surface area (Å²) < 4.78 is 13.7. The highest BCUT2D eigenvalue weighted by Crippen LogP contribution is 2.25. The highest BCUT2D eigenvalue weighted by molar-refractivity contribution is 7.71. The molecule has 168 valence electrons. The fraction of sp³-hybridized carbons (Fsp3) is 0.160. The van der Waals surface area contributed by atoms with Crippen LogP contribution in [0.25, 0.3) is 5.69 Å². The molecule has 2 N–H and O–H groups in total. The van der Waals surface area contributed by atoms with Gasteiger partial charge in [0, 0.05) is 30.2 Å². The number of ether oxygens (including phenoxy) is 2. The Morgan fingerprint density at radius 1 is 1.06 bits per heavy atom. The van der Waals surface area contributed by atoms with Gasteiger partial charge in [-0.2, -0.15) is 0 Å². The maximum Gasteiger partial charge on any atom is 0.270 e. The van der Waals surface area contributed by atoms with Gasteiger partial charge in [0.1, 0.15) is 17.2 Å². The Bertz CT molecular complexity index is 1270. The van der Waals surface area contributed by atoms with Crippen molar-refractivity contribution in [3.05, 3.63) is 95.2 Å². The Morgan fingerprint density at radius 3 is 2.58 bits per heavy atom. The third-order valence-corrected chi connectivity index (χ3v) is 5.12. The topological polar surface area (TPSA) is 81.2 Å². The van der Waals surface area contributed by atoms with E-state index >= 15 is 0 Å². The van der Waals surface area contributed by atoms with Crippen molar-refractivity contribution in [3.8, 4) is 23.1 Å². The van der Waals surface area contributed by atoms with Crippen molar-refractivity contribution < 1.29 is 14.3 Å². The van der Waals surface area contributed by atoms with Crippen LogP contribution in [-0.2, 0) is 6.54 Å². The van der Waals surface area contributed by atoms with Crippen molar-refractivity contribution in [2.24, 2.45) is 0 Å². The molecule has 0 fully saturated rings. The second kappa shape index (κ2) is 10.6. The third-order valence-electron chi connectivity index (χ3n) is 4.82. The highest BCUT2D eigenvalue weighted by atomic mass is 32.1. The van der Waals surface area contributed by atoms with Crippen LogP contribution in [0.2, 0.25) is 0 Å². The highest BCUT2D eigenvalue weighted by Gasteiger charge is 2.15. The number of carbonyl (C=O) groups is 1. The molecule has 0 spiro atoms. The van der Waals surface area contributed by atoms with Crippen LogP contribution in [0.3, 0.4) is 0 Å². The first-order valence-electron chi connectivity index (χ1n) is 10.6. The number of aromatic amines is 1. The molecule has 4 rings (SSSR count). The van der Waals surface area contributed by atoms with E-state index in [9.17, 15) is 4.79 Å². The number of nitrogens with one attached hydrogen (secondary N) is 2. The summed E-state index contributed by atoms with van der Waals surface area (Å²) in [6.45, 7) is 2.97. The number of hydrogen-bond acceptors (Lipinski definition) is 5. The van der Waals surface area contributed by atoms with Crippen LogP contribution in [0, 0.1) is 4.77 Å². The first-order chi connectivity index (χ1) is 16.2. The quantitative estimate of drug-likeness (QED) is 0.325. The summed E-state index contributed by atoms with van der Waals surface area (Å²) in [6.07, 6.45) is 4.20. The van der Waals surface area contributed by atoms with Crippen LogP contribution in [0.5, 0.6) is 17.4 Å². The Balaban J connectivity index is 1.46. The lowest BCUT2D eigenvalue weighted by molar-refractivity contribution is 0.0944. The van der Waals surface area contributed by atoms with Gasteiger partial charge in [0.25, 0.3) is 5.91 Å². The molecule has 4 aromatic rings. The molecule has 0 aliphatic heterocycles. The minimum absolute atomic E-state index is 0.242. The van der Waals surface area contributed by atoms with Gasteiger partial charge in [0.2, 0.25) is 5.88 Å². The Labute approximate surface area is 197 Å². The van der Waals surface area contributed by atoms with E-state index in [0.717, 1.165) is 23.4 Å². The van der Waals surface area contributed by atoms with E-state index in [2.05, 4.69) is 22.2 Å². The minimum Gasteiger partial charge on any atom is -0.494 e. The summed E-state index contributed by atoms with van der Waals surface area (Å²) in [5.41, 5.74) is 1.98. The smallest absolute Gasteiger partial charge is 0.270 e. The van der Waals surface area contributed by atoms with Gasteiger partial charge < -0.3 is 19.8 Å². The average molecular weight is 461 g/mol. The van der Waals surface area contributed by atoms with Crippen molar-refractivity contribution in [2.75, 3.05) is 6.61 Å². The number of H-pyrrole nitrogens is 1. The van der Waals surface area contributed by atoms with Gasteiger partial charge in [0.05, 0.1) is 6.61 Å². The SMILES string of the molecule is CCCOc1ccc(Oc2ncccc2CNC(=O)c2c[nH]c(=S)n2-c2ccccc2)cc1. The van der Waals surface area contributed by atoms with E-state index in [4.69, 9.17) is 21.7 Å². The summed E-state index contributed by atoms with van der Waals surface area (Å²) in [5, 5.41) is 2.93. The molecule has 7 nitrogen and oxygen atoms in total. The number of benzene rings is 2. The van der Waals surface area contributed by atoms with Gasteiger partial charge in [-0.3, -0.25) is 9.36 Å². The van der Waals surface area contributed by atoms with Crippen molar-refractivity contribution in [1.29, 1.82) is 0 Å². The zero-order chi connectivity index (χ0) is 23.0. The molecule has 2 aromatic heterocycles. The van der Waals surface area contributed by atoms with Gasteiger partial charge in [0.15, 0.2) is 4.77 Å². The second-order valence-corrected chi connectivity index (χ2v) is 7.61. The normalized spacial score (nSPS) is 10.6. The fourth-order valence-corrected chi connectivity index (χ4v) is 3.48. The predicted octanol–water partition coefficient (Wildman–Crippen LogP) is 5.44. The molecule has 0 saturated carbocycles. The molecule has 0 aliphatic carbocycles. The van der Waals surface area contributed by atoms with Crippen LogP contribution in [0.4, 0.5) is 0 Å². The Morgan fingerprint density at radius 2 is 1.82 bits per heavy atom. The molecule has 0 atom stereocenters. The van der Waals surface area contributed by atoms with Crippen LogP contribution in [0.15, 0.2) is 79.1 Å². The van der Waals surface area contributed by atoms with E-state index in [-0.39, 0.29) is 12.5 Å². The van der Waals surface area contributed by atoms with Crippen LogP contribution < -0.4 is 14.8 Å². The van der Waals surface area contributed by atoms with Crippen LogP contribution >= 0.6 is 12.2 Å². The van der Waals surface area contributed by atoms with Gasteiger partial charge in [-0.1, -0.05) is 31.2 Å². The lowest BCUT2D eigenvalue weighted by Crippen LogP contribution is -2.25.